The van der Waals surface area contributed by atoms with E-state index in [0.29, 0.717) is 24.5 Å². The molecule has 1 aromatic rings. The van der Waals surface area contributed by atoms with Crippen LogP contribution < -0.4 is 10.5 Å². The van der Waals surface area contributed by atoms with E-state index < -0.39 is 10.0 Å². The van der Waals surface area contributed by atoms with Gasteiger partial charge in [0.05, 0.1) is 11.4 Å². The third-order valence-electron chi connectivity index (χ3n) is 2.75. The van der Waals surface area contributed by atoms with Crippen molar-refractivity contribution in [2.45, 2.75) is 25.3 Å². The van der Waals surface area contributed by atoms with Gasteiger partial charge in [-0.05, 0) is 20.5 Å². The van der Waals surface area contributed by atoms with Crippen molar-refractivity contribution in [3.63, 3.8) is 0 Å². The molecule has 4 N–H and O–H groups in total. The zero-order valence-corrected chi connectivity index (χ0v) is 11.8. The molecule has 18 heavy (non-hydrogen) atoms. The van der Waals surface area contributed by atoms with Crippen LogP contribution in [-0.4, -0.2) is 50.2 Å². The molecule has 0 unspecified atom stereocenters. The fourth-order valence-corrected chi connectivity index (χ4v) is 2.96. The Hall–Kier alpha value is -0.960. The molecule has 1 aromatic heterocycles. The number of nitrogens with zero attached hydrogens (tertiary/aromatic N) is 2. The summed E-state index contributed by atoms with van der Waals surface area (Å²) in [4.78, 5) is 2.19. The van der Waals surface area contributed by atoms with Gasteiger partial charge in [-0.2, -0.15) is 5.10 Å². The number of rotatable bonds is 7. The fourth-order valence-electron chi connectivity index (χ4n) is 1.57. The summed E-state index contributed by atoms with van der Waals surface area (Å²) in [6.45, 7) is 5.67. The molecule has 7 nitrogen and oxygen atoms in total. The monoisotopic (exact) mass is 275 g/mol. The van der Waals surface area contributed by atoms with Crippen LogP contribution in [0.3, 0.4) is 0 Å². The predicted molar refractivity (Wildman–Crippen MR) is 69.6 cm³/mol. The molecule has 1 rings (SSSR count). The summed E-state index contributed by atoms with van der Waals surface area (Å²) in [7, 11) is -1.61. The fraction of sp³-hybridized carbons (Fsp3) is 0.700. The highest BCUT2D eigenvalue weighted by Gasteiger charge is 2.23. The Kier molecular flexibility index (Phi) is 5.27. The number of nitrogens with one attached hydrogen (secondary N) is 2. The maximum Gasteiger partial charge on any atom is 0.244 e. The van der Waals surface area contributed by atoms with Crippen LogP contribution in [0.25, 0.3) is 0 Å². The quantitative estimate of drug-likeness (QED) is 0.617. The Morgan fingerprint density at radius 1 is 1.50 bits per heavy atom. The molecule has 0 aromatic carbocycles. The van der Waals surface area contributed by atoms with Crippen LogP contribution in [0, 0.1) is 6.92 Å². The van der Waals surface area contributed by atoms with Gasteiger partial charge in [-0.3, -0.25) is 5.10 Å². The summed E-state index contributed by atoms with van der Waals surface area (Å²) < 4.78 is 26.8. The molecule has 0 saturated carbocycles. The Labute approximate surface area is 108 Å². The van der Waals surface area contributed by atoms with Crippen molar-refractivity contribution in [3.8, 4) is 0 Å². The third-order valence-corrected chi connectivity index (χ3v) is 4.41. The Morgan fingerprint density at radius 2 is 2.17 bits per heavy atom. The van der Waals surface area contributed by atoms with E-state index in [4.69, 9.17) is 5.73 Å². The van der Waals surface area contributed by atoms with Crippen LogP contribution in [-0.2, 0) is 16.6 Å². The van der Waals surface area contributed by atoms with Crippen molar-refractivity contribution in [2.24, 2.45) is 5.73 Å². The van der Waals surface area contributed by atoms with Crippen molar-refractivity contribution < 1.29 is 8.42 Å². The van der Waals surface area contributed by atoms with Crippen LogP contribution in [0.5, 0.6) is 0 Å². The summed E-state index contributed by atoms with van der Waals surface area (Å²) >= 11 is 0. The molecule has 0 bridgehead atoms. The Morgan fingerprint density at radius 3 is 2.72 bits per heavy atom. The number of aryl methyl sites for hydroxylation is 1. The van der Waals surface area contributed by atoms with Crippen molar-refractivity contribution >= 4 is 10.0 Å². The van der Waals surface area contributed by atoms with Gasteiger partial charge in [0.1, 0.15) is 4.90 Å². The number of sulfonamides is 1. The maximum atomic E-state index is 12.1. The summed E-state index contributed by atoms with van der Waals surface area (Å²) in [5.41, 5.74) is 6.35. The first-order chi connectivity index (χ1) is 8.42. The summed E-state index contributed by atoms with van der Waals surface area (Å²) in [5, 5.41) is 6.53. The van der Waals surface area contributed by atoms with E-state index in [1.807, 2.05) is 18.9 Å². The van der Waals surface area contributed by atoms with E-state index in [2.05, 4.69) is 14.9 Å². The number of aromatic nitrogens is 2. The standard InChI is InChI=1S/C10H21N5O2S/c1-4-15(3)6-5-12-18(16,17)10-8(2)13-14-9(10)7-11/h12H,4-7,11H2,1-3H3,(H,13,14). The molecule has 0 spiro atoms. The van der Waals surface area contributed by atoms with Gasteiger partial charge in [-0.1, -0.05) is 6.92 Å². The molecule has 0 amide bonds. The molecular weight excluding hydrogens is 254 g/mol. The lowest BCUT2D eigenvalue weighted by atomic mass is 10.4. The first-order valence-corrected chi connectivity index (χ1v) is 7.32. The van der Waals surface area contributed by atoms with Gasteiger partial charge in [0.2, 0.25) is 10.0 Å². The highest BCUT2D eigenvalue weighted by molar-refractivity contribution is 7.89. The van der Waals surface area contributed by atoms with Crippen molar-refractivity contribution in [2.75, 3.05) is 26.7 Å². The number of likely N-dealkylation sites (N-methyl/N-ethyl adjacent to an activating group) is 1. The topological polar surface area (TPSA) is 104 Å². The second-order valence-corrected chi connectivity index (χ2v) is 5.83. The third kappa shape index (κ3) is 3.52. The van der Waals surface area contributed by atoms with E-state index in [-0.39, 0.29) is 11.4 Å². The SMILES string of the molecule is CCN(C)CCNS(=O)(=O)c1c(CN)n[nH]c1C. The van der Waals surface area contributed by atoms with Crippen LogP contribution in [0.4, 0.5) is 0 Å². The molecule has 0 aliphatic rings. The lowest BCUT2D eigenvalue weighted by Crippen LogP contribution is -2.33. The predicted octanol–water partition coefficient (Wildman–Crippen LogP) is -0.593. The van der Waals surface area contributed by atoms with Crippen LogP contribution in [0.1, 0.15) is 18.3 Å². The normalized spacial score (nSPS) is 12.3. The number of nitrogens with two attached hydrogens (primary N) is 1. The molecule has 8 heteroatoms. The highest BCUT2D eigenvalue weighted by atomic mass is 32.2. The lowest BCUT2D eigenvalue weighted by molar-refractivity contribution is 0.358. The smallest absolute Gasteiger partial charge is 0.244 e. The van der Waals surface area contributed by atoms with Gasteiger partial charge in [-0.25, -0.2) is 13.1 Å². The first-order valence-electron chi connectivity index (χ1n) is 5.84. The van der Waals surface area contributed by atoms with Crippen LogP contribution >= 0.6 is 0 Å². The minimum atomic E-state index is -3.54. The summed E-state index contributed by atoms with van der Waals surface area (Å²) in [6, 6.07) is 0. The van der Waals surface area contributed by atoms with Crippen molar-refractivity contribution in [1.82, 2.24) is 19.8 Å². The number of aromatic amines is 1. The molecule has 0 fully saturated rings. The molecule has 0 atom stereocenters. The molecule has 1 heterocycles. The molecule has 0 radical (unpaired) electrons. The molecule has 0 saturated heterocycles. The molecular formula is C10H21N5O2S. The highest BCUT2D eigenvalue weighted by Crippen LogP contribution is 2.16. The van der Waals surface area contributed by atoms with Crippen molar-refractivity contribution in [3.05, 3.63) is 11.4 Å². The van der Waals surface area contributed by atoms with Gasteiger partial charge in [0.25, 0.3) is 0 Å². The van der Waals surface area contributed by atoms with Gasteiger partial charge in [-0.15, -0.1) is 0 Å². The first kappa shape index (κ1) is 15.1. The summed E-state index contributed by atoms with van der Waals surface area (Å²) in [5.74, 6) is 0. The van der Waals surface area contributed by atoms with Gasteiger partial charge >= 0.3 is 0 Å². The zero-order valence-electron chi connectivity index (χ0n) is 11.0. The minimum absolute atomic E-state index is 0.0927. The van der Waals surface area contributed by atoms with Crippen LogP contribution in [0.15, 0.2) is 4.90 Å². The largest absolute Gasteiger partial charge is 0.325 e. The lowest BCUT2D eigenvalue weighted by Gasteiger charge is -2.14. The maximum absolute atomic E-state index is 12.1. The van der Waals surface area contributed by atoms with E-state index >= 15 is 0 Å². The average Bonchev–Trinajstić information content (AvgIpc) is 2.70. The van der Waals surface area contributed by atoms with Crippen LogP contribution in [0.2, 0.25) is 0 Å². The minimum Gasteiger partial charge on any atom is -0.325 e. The van der Waals surface area contributed by atoms with E-state index in [1.54, 1.807) is 6.92 Å². The van der Waals surface area contributed by atoms with E-state index in [1.165, 1.54) is 0 Å². The average molecular weight is 275 g/mol. The molecule has 0 aliphatic carbocycles. The Balaban J connectivity index is 2.77. The summed E-state index contributed by atoms with van der Waals surface area (Å²) in [6.07, 6.45) is 0. The zero-order chi connectivity index (χ0) is 13.8. The second-order valence-electron chi connectivity index (χ2n) is 4.12. The number of hydrogen-bond donors (Lipinski definition) is 3. The van der Waals surface area contributed by atoms with E-state index in [0.717, 1.165) is 6.54 Å². The molecule has 104 valence electrons. The van der Waals surface area contributed by atoms with Gasteiger partial charge in [0, 0.05) is 19.6 Å². The van der Waals surface area contributed by atoms with Gasteiger partial charge in [0.15, 0.2) is 0 Å². The number of hydrogen-bond acceptors (Lipinski definition) is 5. The van der Waals surface area contributed by atoms with E-state index in [9.17, 15) is 8.42 Å². The van der Waals surface area contributed by atoms with Gasteiger partial charge < -0.3 is 10.6 Å². The Bertz CT molecular complexity index is 482. The number of H-pyrrole nitrogens is 1. The van der Waals surface area contributed by atoms with Crippen molar-refractivity contribution in [1.29, 1.82) is 0 Å². The molecule has 0 aliphatic heterocycles. The second kappa shape index (κ2) is 6.28.